The van der Waals surface area contributed by atoms with Crippen LogP contribution >= 0.6 is 0 Å². The fourth-order valence-electron chi connectivity index (χ4n) is 4.94. The van der Waals surface area contributed by atoms with Gasteiger partial charge in [-0.15, -0.1) is 0 Å². The number of benzene rings is 2. The molecule has 2 fully saturated rings. The molecule has 2 saturated heterocycles. The Hall–Kier alpha value is -3.02. The minimum absolute atomic E-state index is 0.0568. The summed E-state index contributed by atoms with van der Waals surface area (Å²) in [5, 5.41) is 9.51. The van der Waals surface area contributed by atoms with Gasteiger partial charge in [0, 0.05) is 45.0 Å². The van der Waals surface area contributed by atoms with Crippen LogP contribution in [-0.4, -0.2) is 66.2 Å². The normalized spacial score (nSPS) is 21.8. The van der Waals surface area contributed by atoms with Crippen LogP contribution in [0, 0.1) is 19.8 Å². The third-order valence-electron chi connectivity index (χ3n) is 6.72. The van der Waals surface area contributed by atoms with Gasteiger partial charge in [0.2, 0.25) is 5.91 Å². The molecule has 0 radical (unpaired) electrons. The second kappa shape index (κ2) is 9.00. The predicted octanol–water partition coefficient (Wildman–Crippen LogP) is 3.74. The number of carbonyl (C=O) groups excluding carboxylic acids is 1. The molecule has 2 aliphatic rings. The number of hydrogen-bond donors (Lipinski definition) is 1. The van der Waals surface area contributed by atoms with Gasteiger partial charge in [0.25, 0.3) is 0 Å². The molecular formula is C25H31N3O3. The molecule has 0 spiro atoms. The smallest absolute Gasteiger partial charge is 0.407 e. The Labute approximate surface area is 184 Å². The highest BCUT2D eigenvalue weighted by molar-refractivity contribution is 5.81. The van der Waals surface area contributed by atoms with Crippen molar-refractivity contribution in [2.75, 3.05) is 44.2 Å². The molecule has 2 amide bonds. The van der Waals surface area contributed by atoms with E-state index >= 15 is 0 Å². The average Bonchev–Trinajstić information content (AvgIpc) is 2.80. The molecule has 6 nitrogen and oxygen atoms in total. The van der Waals surface area contributed by atoms with Crippen molar-refractivity contribution in [1.82, 2.24) is 9.80 Å². The Kier molecular flexibility index (Phi) is 6.16. The quantitative estimate of drug-likeness (QED) is 0.820. The maximum absolute atomic E-state index is 13.6. The third kappa shape index (κ3) is 4.53. The molecule has 2 aromatic rings. The number of carbonyl (C=O) groups is 2. The van der Waals surface area contributed by atoms with Gasteiger partial charge in [0.05, 0.1) is 5.92 Å². The number of anilines is 1. The molecule has 0 bridgehead atoms. The first-order chi connectivity index (χ1) is 14.9. The van der Waals surface area contributed by atoms with Crippen LogP contribution in [0.4, 0.5) is 10.5 Å². The van der Waals surface area contributed by atoms with Crippen LogP contribution in [0.25, 0.3) is 0 Å². The summed E-state index contributed by atoms with van der Waals surface area (Å²) in [5.74, 6) is -0.193. The summed E-state index contributed by atoms with van der Waals surface area (Å²) in [6.07, 6.45) is -0.265. The standard InChI is InChI=1S/C25H31N3O3/c1-18-8-9-19(2)23(16-18)26-12-14-27(15-13-26)24(29)22-17-28(25(30)31)11-10-21(22)20-6-4-3-5-7-20/h3-9,16,21-22H,10-15,17H2,1-2H3,(H,30,31)/t21-,22-/m1/s1. The van der Waals surface area contributed by atoms with E-state index in [4.69, 9.17) is 0 Å². The Bertz CT molecular complexity index is 938. The number of rotatable bonds is 3. The van der Waals surface area contributed by atoms with Crippen molar-refractivity contribution in [2.24, 2.45) is 5.92 Å². The molecule has 2 heterocycles. The molecule has 0 aromatic heterocycles. The zero-order valence-corrected chi connectivity index (χ0v) is 18.3. The van der Waals surface area contributed by atoms with Crippen molar-refractivity contribution in [3.05, 3.63) is 65.2 Å². The van der Waals surface area contributed by atoms with Crippen molar-refractivity contribution in [3.8, 4) is 0 Å². The van der Waals surface area contributed by atoms with Gasteiger partial charge in [0.15, 0.2) is 0 Å². The molecule has 1 N–H and O–H groups in total. The van der Waals surface area contributed by atoms with Crippen LogP contribution in [-0.2, 0) is 4.79 Å². The lowest BCUT2D eigenvalue weighted by molar-refractivity contribution is -0.138. The van der Waals surface area contributed by atoms with Gasteiger partial charge < -0.3 is 19.8 Å². The Morgan fingerprint density at radius 1 is 0.903 bits per heavy atom. The second-order valence-electron chi connectivity index (χ2n) is 8.74. The maximum atomic E-state index is 13.6. The summed E-state index contributed by atoms with van der Waals surface area (Å²) in [7, 11) is 0. The summed E-state index contributed by atoms with van der Waals surface area (Å²) in [6, 6.07) is 16.5. The van der Waals surface area contributed by atoms with Gasteiger partial charge in [-0.05, 0) is 48.9 Å². The van der Waals surface area contributed by atoms with Gasteiger partial charge in [-0.25, -0.2) is 4.79 Å². The predicted molar refractivity (Wildman–Crippen MR) is 122 cm³/mol. The lowest BCUT2D eigenvalue weighted by Gasteiger charge is -2.42. The molecule has 31 heavy (non-hydrogen) atoms. The lowest BCUT2D eigenvalue weighted by atomic mass is 9.79. The first-order valence-electron chi connectivity index (χ1n) is 11.1. The summed E-state index contributed by atoms with van der Waals surface area (Å²) in [6.45, 7) is 7.88. The SMILES string of the molecule is Cc1ccc(C)c(N2CCN(C(=O)[C@@H]3CN(C(=O)O)CC[C@@H]3c3ccccc3)CC2)c1. The van der Waals surface area contributed by atoms with Crippen molar-refractivity contribution >= 4 is 17.7 Å². The Balaban J connectivity index is 1.48. The van der Waals surface area contributed by atoms with E-state index in [0.29, 0.717) is 26.1 Å². The number of nitrogens with zero attached hydrogens (tertiary/aromatic N) is 3. The second-order valence-corrected chi connectivity index (χ2v) is 8.74. The van der Waals surface area contributed by atoms with E-state index in [0.717, 1.165) is 18.7 Å². The van der Waals surface area contributed by atoms with Gasteiger partial charge in [-0.1, -0.05) is 42.5 Å². The largest absolute Gasteiger partial charge is 0.465 e. The minimum atomic E-state index is -0.941. The molecule has 0 saturated carbocycles. The van der Waals surface area contributed by atoms with E-state index in [9.17, 15) is 14.7 Å². The summed E-state index contributed by atoms with van der Waals surface area (Å²) in [4.78, 5) is 30.8. The van der Waals surface area contributed by atoms with E-state index in [2.05, 4.69) is 49.1 Å². The first-order valence-corrected chi connectivity index (χ1v) is 11.1. The van der Waals surface area contributed by atoms with Gasteiger partial charge in [-0.3, -0.25) is 4.79 Å². The number of carboxylic acid groups (broad SMARTS) is 1. The molecule has 164 valence electrons. The fraction of sp³-hybridized carbons (Fsp3) is 0.440. The minimum Gasteiger partial charge on any atom is -0.465 e. The van der Waals surface area contributed by atoms with E-state index in [1.807, 2.05) is 23.1 Å². The molecule has 2 aromatic carbocycles. The molecule has 2 atom stereocenters. The average molecular weight is 422 g/mol. The van der Waals surface area contributed by atoms with Crippen LogP contribution in [0.1, 0.15) is 29.0 Å². The summed E-state index contributed by atoms with van der Waals surface area (Å²) < 4.78 is 0. The molecule has 2 aliphatic heterocycles. The topological polar surface area (TPSA) is 64.1 Å². The highest BCUT2D eigenvalue weighted by Crippen LogP contribution is 2.35. The fourth-order valence-corrected chi connectivity index (χ4v) is 4.94. The van der Waals surface area contributed by atoms with Crippen LogP contribution in [0.5, 0.6) is 0 Å². The van der Waals surface area contributed by atoms with E-state index in [1.54, 1.807) is 0 Å². The molecule has 0 aliphatic carbocycles. The Morgan fingerprint density at radius 3 is 2.29 bits per heavy atom. The highest BCUT2D eigenvalue weighted by Gasteiger charge is 2.39. The monoisotopic (exact) mass is 421 g/mol. The van der Waals surface area contributed by atoms with Gasteiger partial charge in [0.1, 0.15) is 0 Å². The molecule has 0 unspecified atom stereocenters. The van der Waals surface area contributed by atoms with Crippen LogP contribution in [0.2, 0.25) is 0 Å². The first kappa shape index (κ1) is 21.2. The van der Waals surface area contributed by atoms with E-state index < -0.39 is 6.09 Å². The van der Waals surface area contributed by atoms with Crippen molar-refractivity contribution in [1.29, 1.82) is 0 Å². The molecule has 6 heteroatoms. The highest BCUT2D eigenvalue weighted by atomic mass is 16.4. The van der Waals surface area contributed by atoms with Crippen LogP contribution in [0.3, 0.4) is 0 Å². The Morgan fingerprint density at radius 2 is 1.61 bits per heavy atom. The summed E-state index contributed by atoms with van der Waals surface area (Å²) >= 11 is 0. The van der Waals surface area contributed by atoms with Gasteiger partial charge >= 0.3 is 6.09 Å². The number of aryl methyl sites for hydroxylation is 2. The number of amides is 2. The number of piperidine rings is 1. The number of piperazine rings is 1. The summed E-state index contributed by atoms with van der Waals surface area (Å²) in [5.41, 5.74) is 4.85. The van der Waals surface area contributed by atoms with Gasteiger partial charge in [-0.2, -0.15) is 0 Å². The lowest BCUT2D eigenvalue weighted by Crippen LogP contribution is -2.54. The third-order valence-corrected chi connectivity index (χ3v) is 6.72. The van der Waals surface area contributed by atoms with Crippen LogP contribution < -0.4 is 4.90 Å². The van der Waals surface area contributed by atoms with Crippen molar-refractivity contribution < 1.29 is 14.7 Å². The zero-order valence-electron chi connectivity index (χ0n) is 18.3. The van der Waals surface area contributed by atoms with Crippen molar-refractivity contribution in [2.45, 2.75) is 26.2 Å². The van der Waals surface area contributed by atoms with E-state index in [-0.39, 0.29) is 24.3 Å². The molecular weight excluding hydrogens is 390 g/mol. The number of likely N-dealkylation sites (tertiary alicyclic amines) is 1. The van der Waals surface area contributed by atoms with E-state index in [1.165, 1.54) is 21.7 Å². The van der Waals surface area contributed by atoms with Crippen molar-refractivity contribution in [3.63, 3.8) is 0 Å². The maximum Gasteiger partial charge on any atom is 0.407 e. The van der Waals surface area contributed by atoms with Crippen LogP contribution in [0.15, 0.2) is 48.5 Å². The molecule has 4 rings (SSSR count). The number of hydrogen-bond acceptors (Lipinski definition) is 3. The zero-order chi connectivity index (χ0) is 22.0.